The average molecular weight is 242 g/mol. The molecule has 1 heterocycles. The summed E-state index contributed by atoms with van der Waals surface area (Å²) in [6.07, 6.45) is 1.97. The van der Waals surface area contributed by atoms with Gasteiger partial charge in [0.2, 0.25) is 0 Å². The van der Waals surface area contributed by atoms with Crippen LogP contribution in [0, 0.1) is 5.82 Å². The maximum absolute atomic E-state index is 13.4. The van der Waals surface area contributed by atoms with Crippen LogP contribution in [-0.2, 0) is 11.2 Å². The average Bonchev–Trinajstić information content (AvgIpc) is 2.76. The highest BCUT2D eigenvalue weighted by atomic mass is 35.5. The molecular formula is C12H13ClFNO. The van der Waals surface area contributed by atoms with Crippen molar-refractivity contribution in [2.75, 3.05) is 6.54 Å². The van der Waals surface area contributed by atoms with Gasteiger partial charge >= 0.3 is 0 Å². The van der Waals surface area contributed by atoms with E-state index in [4.69, 9.17) is 11.6 Å². The van der Waals surface area contributed by atoms with E-state index < -0.39 is 0 Å². The fraction of sp³-hybridized carbons (Fsp3) is 0.417. The Morgan fingerprint density at radius 3 is 3.06 bits per heavy atom. The summed E-state index contributed by atoms with van der Waals surface area (Å²) in [5, 5.41) is 3.57. The summed E-state index contributed by atoms with van der Waals surface area (Å²) < 4.78 is 13.4. The van der Waals surface area contributed by atoms with E-state index >= 15 is 0 Å². The summed E-state index contributed by atoms with van der Waals surface area (Å²) in [6, 6.07) is 4.19. The summed E-state index contributed by atoms with van der Waals surface area (Å²) in [5.41, 5.74) is 0.381. The second-order valence-electron chi connectivity index (χ2n) is 4.03. The van der Waals surface area contributed by atoms with Crippen molar-refractivity contribution in [2.45, 2.75) is 25.3 Å². The summed E-state index contributed by atoms with van der Waals surface area (Å²) >= 11 is 5.77. The maximum atomic E-state index is 13.4. The van der Waals surface area contributed by atoms with Crippen LogP contribution >= 0.6 is 11.6 Å². The van der Waals surface area contributed by atoms with Gasteiger partial charge in [0.25, 0.3) is 0 Å². The zero-order chi connectivity index (χ0) is 11.5. The molecule has 0 spiro atoms. The molecule has 1 aliphatic rings. The fourth-order valence-corrected chi connectivity index (χ4v) is 2.14. The highest BCUT2D eigenvalue weighted by molar-refractivity contribution is 6.30. The van der Waals surface area contributed by atoms with Crippen LogP contribution in [0.4, 0.5) is 4.39 Å². The second kappa shape index (κ2) is 4.93. The molecule has 86 valence electrons. The SMILES string of the molecule is O=C(Cc1cc(Cl)ccc1F)C1CCCN1. The minimum atomic E-state index is -0.365. The standard InChI is InChI=1S/C12H13ClFNO/c13-9-3-4-10(14)8(6-9)7-12(16)11-2-1-5-15-11/h3-4,6,11,15H,1-2,5,7H2. The normalized spacial score (nSPS) is 20.0. The van der Waals surface area contributed by atoms with Gasteiger partial charge < -0.3 is 5.32 Å². The van der Waals surface area contributed by atoms with Crippen LogP contribution in [-0.4, -0.2) is 18.4 Å². The van der Waals surface area contributed by atoms with E-state index in [-0.39, 0.29) is 24.1 Å². The van der Waals surface area contributed by atoms with E-state index in [1.54, 1.807) is 0 Å². The largest absolute Gasteiger partial charge is 0.307 e. The van der Waals surface area contributed by atoms with Crippen LogP contribution in [0.15, 0.2) is 18.2 Å². The third-order valence-electron chi connectivity index (χ3n) is 2.82. The number of nitrogens with one attached hydrogen (secondary N) is 1. The lowest BCUT2D eigenvalue weighted by molar-refractivity contribution is -0.120. The first-order chi connectivity index (χ1) is 7.66. The van der Waals surface area contributed by atoms with E-state index in [1.807, 2.05) is 0 Å². The molecule has 1 N–H and O–H groups in total. The Hall–Kier alpha value is -0.930. The molecule has 0 aromatic heterocycles. The third kappa shape index (κ3) is 2.60. The number of carbonyl (C=O) groups excluding carboxylic acids is 1. The van der Waals surface area contributed by atoms with Crippen LogP contribution in [0.2, 0.25) is 5.02 Å². The molecule has 2 rings (SSSR count). The number of hydrogen-bond donors (Lipinski definition) is 1. The molecule has 1 aromatic rings. The van der Waals surface area contributed by atoms with Crippen LogP contribution < -0.4 is 5.32 Å². The van der Waals surface area contributed by atoms with Crippen molar-refractivity contribution in [3.63, 3.8) is 0 Å². The van der Waals surface area contributed by atoms with Crippen molar-refractivity contribution in [1.29, 1.82) is 0 Å². The number of ketones is 1. The fourth-order valence-electron chi connectivity index (χ4n) is 1.95. The lowest BCUT2D eigenvalue weighted by atomic mass is 10.0. The van der Waals surface area contributed by atoms with E-state index in [2.05, 4.69) is 5.32 Å². The first kappa shape index (κ1) is 11.6. The van der Waals surface area contributed by atoms with Gasteiger partial charge in [0.05, 0.1) is 6.04 Å². The Labute approximate surface area is 98.8 Å². The van der Waals surface area contributed by atoms with Gasteiger partial charge in [0.1, 0.15) is 5.82 Å². The lowest BCUT2D eigenvalue weighted by Gasteiger charge is -2.09. The van der Waals surface area contributed by atoms with Gasteiger partial charge in [-0.05, 0) is 43.1 Å². The molecule has 0 amide bonds. The minimum absolute atomic E-state index is 0.0404. The molecule has 1 fully saturated rings. The van der Waals surface area contributed by atoms with Crippen molar-refractivity contribution < 1.29 is 9.18 Å². The van der Waals surface area contributed by atoms with Crippen molar-refractivity contribution in [3.8, 4) is 0 Å². The topological polar surface area (TPSA) is 29.1 Å². The quantitative estimate of drug-likeness (QED) is 0.880. The molecule has 4 heteroatoms. The summed E-state index contributed by atoms with van der Waals surface area (Å²) in [4.78, 5) is 11.8. The van der Waals surface area contributed by atoms with E-state index in [1.165, 1.54) is 18.2 Å². The van der Waals surface area contributed by atoms with Crippen molar-refractivity contribution >= 4 is 17.4 Å². The molecule has 1 saturated heterocycles. The van der Waals surface area contributed by atoms with Gasteiger partial charge in [-0.3, -0.25) is 4.79 Å². The van der Waals surface area contributed by atoms with Crippen LogP contribution in [0.1, 0.15) is 18.4 Å². The predicted molar refractivity (Wildman–Crippen MR) is 61.1 cm³/mol. The van der Waals surface area contributed by atoms with E-state index in [0.717, 1.165) is 19.4 Å². The summed E-state index contributed by atoms with van der Waals surface area (Å²) in [7, 11) is 0. The monoisotopic (exact) mass is 241 g/mol. The number of rotatable bonds is 3. The highest BCUT2D eigenvalue weighted by Crippen LogP contribution is 2.17. The summed E-state index contributed by atoms with van der Waals surface area (Å²) in [6.45, 7) is 0.869. The Balaban J connectivity index is 2.07. The van der Waals surface area contributed by atoms with Gasteiger partial charge in [-0.25, -0.2) is 4.39 Å². The molecule has 0 radical (unpaired) electrons. The summed E-state index contributed by atoms with van der Waals surface area (Å²) in [5.74, 6) is -0.325. The number of carbonyl (C=O) groups is 1. The number of Topliss-reactive ketones (excluding diaryl/α,β-unsaturated/α-hetero) is 1. The van der Waals surface area contributed by atoms with E-state index in [9.17, 15) is 9.18 Å². The molecule has 0 saturated carbocycles. The Morgan fingerprint density at radius 1 is 1.56 bits per heavy atom. The molecule has 2 nitrogen and oxygen atoms in total. The Morgan fingerprint density at radius 2 is 2.38 bits per heavy atom. The Bertz CT molecular complexity index is 402. The molecule has 1 aromatic carbocycles. The smallest absolute Gasteiger partial charge is 0.154 e. The zero-order valence-corrected chi connectivity index (χ0v) is 9.56. The van der Waals surface area contributed by atoms with Gasteiger partial charge in [-0.1, -0.05) is 11.6 Å². The second-order valence-corrected chi connectivity index (χ2v) is 4.46. The van der Waals surface area contributed by atoms with Crippen LogP contribution in [0.5, 0.6) is 0 Å². The number of halogens is 2. The van der Waals surface area contributed by atoms with E-state index in [0.29, 0.717) is 10.6 Å². The predicted octanol–water partition coefficient (Wildman–Crippen LogP) is 2.34. The third-order valence-corrected chi connectivity index (χ3v) is 3.06. The molecular weight excluding hydrogens is 229 g/mol. The van der Waals surface area contributed by atoms with Crippen molar-refractivity contribution in [3.05, 3.63) is 34.6 Å². The number of benzene rings is 1. The van der Waals surface area contributed by atoms with Crippen LogP contribution in [0.3, 0.4) is 0 Å². The number of hydrogen-bond acceptors (Lipinski definition) is 2. The molecule has 0 aliphatic carbocycles. The first-order valence-corrected chi connectivity index (χ1v) is 5.74. The molecule has 1 aliphatic heterocycles. The van der Waals surface area contributed by atoms with Gasteiger partial charge in [-0.15, -0.1) is 0 Å². The Kier molecular flexibility index (Phi) is 3.56. The van der Waals surface area contributed by atoms with Gasteiger partial charge in [0, 0.05) is 11.4 Å². The maximum Gasteiger partial charge on any atom is 0.154 e. The first-order valence-electron chi connectivity index (χ1n) is 5.37. The molecule has 1 unspecified atom stereocenters. The minimum Gasteiger partial charge on any atom is -0.307 e. The van der Waals surface area contributed by atoms with Gasteiger partial charge in [-0.2, -0.15) is 0 Å². The molecule has 1 atom stereocenters. The molecule has 16 heavy (non-hydrogen) atoms. The van der Waals surface area contributed by atoms with Crippen molar-refractivity contribution in [1.82, 2.24) is 5.32 Å². The molecule has 0 bridgehead atoms. The zero-order valence-electron chi connectivity index (χ0n) is 8.80. The van der Waals surface area contributed by atoms with Gasteiger partial charge in [0.15, 0.2) is 5.78 Å². The highest BCUT2D eigenvalue weighted by Gasteiger charge is 2.22. The van der Waals surface area contributed by atoms with Crippen LogP contribution in [0.25, 0.3) is 0 Å². The lowest BCUT2D eigenvalue weighted by Crippen LogP contribution is -2.32. The van der Waals surface area contributed by atoms with Crippen molar-refractivity contribution in [2.24, 2.45) is 0 Å².